The molecule has 0 N–H and O–H groups in total. The molecule has 1 atom stereocenters. The van der Waals surface area contributed by atoms with E-state index >= 15 is 0 Å². The Labute approximate surface area is 150 Å². The van der Waals surface area contributed by atoms with Gasteiger partial charge in [-0.1, -0.05) is 57.2 Å². The smallest absolute Gasteiger partial charge is 0.193 e. The zero-order valence-electron chi connectivity index (χ0n) is 14.9. The van der Waals surface area contributed by atoms with Crippen LogP contribution in [0.5, 0.6) is 0 Å². The summed E-state index contributed by atoms with van der Waals surface area (Å²) in [6, 6.07) is 11.8. The van der Waals surface area contributed by atoms with Crippen molar-refractivity contribution in [2.24, 2.45) is 0 Å². The second-order valence-electron chi connectivity index (χ2n) is 7.46. The number of nitrogens with zero attached hydrogens (tertiary/aromatic N) is 2. The second kappa shape index (κ2) is 6.68. The van der Waals surface area contributed by atoms with E-state index in [2.05, 4.69) is 51.5 Å². The highest BCUT2D eigenvalue weighted by Gasteiger charge is 2.40. The number of hydrogen-bond acceptors (Lipinski definition) is 3. The Kier molecular flexibility index (Phi) is 5.19. The van der Waals surface area contributed by atoms with Crippen LogP contribution in [-0.2, 0) is 4.43 Å². The third-order valence-corrected chi connectivity index (χ3v) is 9.41. The molecule has 0 radical (unpaired) electrons. The lowest BCUT2D eigenvalue weighted by Gasteiger charge is -2.39. The van der Waals surface area contributed by atoms with Crippen LogP contribution in [-0.4, -0.2) is 13.3 Å². The monoisotopic (exact) mass is 358 g/mol. The van der Waals surface area contributed by atoms with Gasteiger partial charge in [0.1, 0.15) is 11.3 Å². The van der Waals surface area contributed by atoms with Gasteiger partial charge < -0.3 is 4.43 Å². The van der Waals surface area contributed by atoms with Crippen LogP contribution in [0.2, 0.25) is 23.3 Å². The van der Waals surface area contributed by atoms with Crippen LogP contribution in [0.4, 0.5) is 0 Å². The molecule has 1 unspecified atom stereocenters. The van der Waals surface area contributed by atoms with Crippen LogP contribution in [0.25, 0.3) is 10.9 Å². The number of rotatable bonds is 4. The summed E-state index contributed by atoms with van der Waals surface area (Å²) in [5, 5.41) is 10.7. The molecule has 2 aromatic rings. The Balaban J connectivity index is 2.55. The van der Waals surface area contributed by atoms with Crippen molar-refractivity contribution in [3.8, 4) is 6.07 Å². The summed E-state index contributed by atoms with van der Waals surface area (Å²) in [6.07, 6.45) is -0.569. The number of hydrogen-bond donors (Lipinski definition) is 0. The van der Waals surface area contributed by atoms with Crippen LogP contribution >= 0.6 is 11.6 Å². The van der Waals surface area contributed by atoms with E-state index in [0.29, 0.717) is 16.3 Å². The summed E-state index contributed by atoms with van der Waals surface area (Å²) in [4.78, 5) is 4.46. The standard InChI is InChI=1S/C19H23ClN2OSi/c1-13(12-21)17(23-24(5,6)19(2,3)4)15-11-14-9-7-8-10-16(14)22-18(15)20/h7-11,17H,1H2,2-6H3. The van der Waals surface area contributed by atoms with Crippen LogP contribution < -0.4 is 0 Å². The molecule has 0 saturated heterocycles. The molecule has 0 aliphatic rings. The van der Waals surface area contributed by atoms with Crippen molar-refractivity contribution < 1.29 is 4.43 Å². The zero-order valence-corrected chi connectivity index (χ0v) is 16.6. The highest BCUT2D eigenvalue weighted by Crippen LogP contribution is 2.42. The average molecular weight is 359 g/mol. The van der Waals surface area contributed by atoms with Crippen LogP contribution in [0.15, 0.2) is 42.5 Å². The lowest BCUT2D eigenvalue weighted by molar-refractivity contribution is 0.222. The molecule has 0 amide bonds. The lowest BCUT2D eigenvalue weighted by atomic mass is 10.0. The maximum atomic E-state index is 9.39. The van der Waals surface area contributed by atoms with Gasteiger partial charge in [-0.3, -0.25) is 0 Å². The Hall–Kier alpha value is -1.67. The zero-order chi connectivity index (χ0) is 18.1. The van der Waals surface area contributed by atoms with E-state index in [1.54, 1.807) is 0 Å². The minimum absolute atomic E-state index is 0.0116. The molecule has 0 spiro atoms. The minimum atomic E-state index is -2.12. The van der Waals surface area contributed by atoms with Gasteiger partial charge in [-0.15, -0.1) is 0 Å². The van der Waals surface area contributed by atoms with Crippen molar-refractivity contribution in [2.75, 3.05) is 0 Å². The molecule has 2 rings (SSSR count). The normalized spacial score (nSPS) is 13.5. The Morgan fingerprint density at radius 1 is 1.33 bits per heavy atom. The third kappa shape index (κ3) is 3.70. The number of aromatic nitrogens is 1. The van der Waals surface area contributed by atoms with E-state index in [4.69, 9.17) is 16.0 Å². The van der Waals surface area contributed by atoms with Crippen molar-refractivity contribution in [1.29, 1.82) is 5.26 Å². The summed E-state index contributed by atoms with van der Waals surface area (Å²) >= 11 is 6.42. The predicted molar refractivity (Wildman–Crippen MR) is 103 cm³/mol. The molecule has 24 heavy (non-hydrogen) atoms. The quantitative estimate of drug-likeness (QED) is 0.380. The van der Waals surface area contributed by atoms with Gasteiger partial charge >= 0.3 is 0 Å². The molecule has 3 nitrogen and oxygen atoms in total. The fourth-order valence-electron chi connectivity index (χ4n) is 2.15. The molecule has 5 heteroatoms. The fourth-order valence-corrected chi connectivity index (χ4v) is 3.60. The first-order valence-electron chi connectivity index (χ1n) is 7.89. The van der Waals surface area contributed by atoms with Gasteiger partial charge in [-0.25, -0.2) is 4.98 Å². The molecule has 0 bridgehead atoms. The molecule has 0 fully saturated rings. The summed E-state index contributed by atoms with van der Waals surface area (Å²) in [5.74, 6) is 0. The maximum absolute atomic E-state index is 9.39. The first-order chi connectivity index (χ1) is 11.1. The fraction of sp³-hybridized carbons (Fsp3) is 0.368. The molecule has 0 saturated carbocycles. The minimum Gasteiger partial charge on any atom is -0.405 e. The average Bonchev–Trinajstić information content (AvgIpc) is 2.50. The van der Waals surface area contributed by atoms with E-state index < -0.39 is 14.4 Å². The molecular weight excluding hydrogens is 336 g/mol. The van der Waals surface area contributed by atoms with Crippen LogP contribution in [0.3, 0.4) is 0 Å². The van der Waals surface area contributed by atoms with Gasteiger partial charge in [0, 0.05) is 10.9 Å². The number of para-hydroxylation sites is 1. The molecular formula is C19H23ClN2OSi. The Morgan fingerprint density at radius 3 is 2.54 bits per heavy atom. The highest BCUT2D eigenvalue weighted by molar-refractivity contribution is 6.74. The molecule has 1 heterocycles. The van der Waals surface area contributed by atoms with Crippen molar-refractivity contribution >= 4 is 30.8 Å². The number of benzene rings is 1. The van der Waals surface area contributed by atoms with Gasteiger partial charge in [0.25, 0.3) is 0 Å². The van der Waals surface area contributed by atoms with E-state index in [0.717, 1.165) is 10.9 Å². The number of fused-ring (bicyclic) bond motifs is 1. The van der Waals surface area contributed by atoms with Crippen molar-refractivity contribution in [3.05, 3.63) is 53.2 Å². The second-order valence-corrected chi connectivity index (χ2v) is 12.6. The Bertz CT molecular complexity index is 818. The number of nitriles is 1. The van der Waals surface area contributed by atoms with E-state index in [9.17, 15) is 5.26 Å². The van der Waals surface area contributed by atoms with E-state index in [-0.39, 0.29) is 5.04 Å². The summed E-state index contributed by atoms with van der Waals surface area (Å²) in [5.41, 5.74) is 1.87. The van der Waals surface area contributed by atoms with Gasteiger partial charge in [0.15, 0.2) is 8.32 Å². The molecule has 126 valence electrons. The third-order valence-electron chi connectivity index (χ3n) is 4.67. The molecule has 1 aromatic heterocycles. The van der Waals surface area contributed by atoms with Gasteiger partial charge in [0.2, 0.25) is 0 Å². The van der Waals surface area contributed by atoms with Crippen molar-refractivity contribution in [2.45, 2.75) is 45.0 Å². The van der Waals surface area contributed by atoms with Crippen LogP contribution in [0, 0.1) is 11.3 Å². The molecule has 1 aromatic carbocycles. The van der Waals surface area contributed by atoms with Gasteiger partial charge in [-0.05, 0) is 30.3 Å². The van der Waals surface area contributed by atoms with Gasteiger partial charge in [-0.2, -0.15) is 5.26 Å². The molecule has 0 aliphatic carbocycles. The number of pyridine rings is 1. The maximum Gasteiger partial charge on any atom is 0.193 e. The largest absolute Gasteiger partial charge is 0.405 e. The topological polar surface area (TPSA) is 45.9 Å². The van der Waals surface area contributed by atoms with Crippen molar-refractivity contribution in [1.82, 2.24) is 4.98 Å². The summed E-state index contributed by atoms with van der Waals surface area (Å²) in [6.45, 7) is 14.7. The Morgan fingerprint density at radius 2 is 1.96 bits per heavy atom. The summed E-state index contributed by atoms with van der Waals surface area (Å²) in [7, 11) is -2.12. The van der Waals surface area contributed by atoms with E-state index in [1.807, 2.05) is 30.3 Å². The summed E-state index contributed by atoms with van der Waals surface area (Å²) < 4.78 is 6.46. The lowest BCUT2D eigenvalue weighted by Crippen LogP contribution is -2.42. The first kappa shape index (κ1) is 18.7. The number of halogens is 1. The molecule has 0 aliphatic heterocycles. The van der Waals surface area contributed by atoms with Crippen molar-refractivity contribution in [3.63, 3.8) is 0 Å². The van der Waals surface area contributed by atoms with Gasteiger partial charge in [0.05, 0.1) is 17.2 Å². The SMILES string of the molecule is C=C(C#N)C(O[Si](C)(C)C(C)(C)C)c1cc2ccccc2nc1Cl. The van der Waals surface area contributed by atoms with Crippen LogP contribution in [0.1, 0.15) is 32.4 Å². The predicted octanol–water partition coefficient (Wildman–Crippen LogP) is 6.03. The highest BCUT2D eigenvalue weighted by atomic mass is 35.5. The first-order valence-corrected chi connectivity index (χ1v) is 11.2. The van der Waals surface area contributed by atoms with E-state index in [1.165, 1.54) is 0 Å².